The lowest BCUT2D eigenvalue weighted by Gasteiger charge is -2.08. The fraction of sp³-hybridized carbons (Fsp3) is 0.583. The van der Waals surface area contributed by atoms with Gasteiger partial charge in [-0.1, -0.05) is 0 Å². The molecule has 1 N–H and O–H groups in total. The standard InChI is InChI=1S/C12H16N4OS/c1-7-5-14-12(18-7)8(2)13-6-10-15-16-11(17-10)9-3-4-9/h5,8-9,13H,3-4,6H2,1-2H3/t8-/m1/s1. The number of aromatic nitrogens is 3. The second-order valence-corrected chi connectivity index (χ2v) is 5.99. The Balaban J connectivity index is 1.56. The number of nitrogens with one attached hydrogen (secondary N) is 1. The molecule has 1 atom stereocenters. The molecule has 1 saturated carbocycles. The molecule has 0 aromatic carbocycles. The van der Waals surface area contributed by atoms with Crippen LogP contribution in [0.25, 0.3) is 0 Å². The van der Waals surface area contributed by atoms with Gasteiger partial charge in [0.2, 0.25) is 11.8 Å². The lowest BCUT2D eigenvalue weighted by atomic mass is 10.3. The Labute approximate surface area is 110 Å². The van der Waals surface area contributed by atoms with E-state index in [0.717, 1.165) is 10.9 Å². The second kappa shape index (κ2) is 4.78. The van der Waals surface area contributed by atoms with Gasteiger partial charge in [0, 0.05) is 17.0 Å². The smallest absolute Gasteiger partial charge is 0.230 e. The molecule has 1 aliphatic rings. The average molecular weight is 264 g/mol. The molecule has 18 heavy (non-hydrogen) atoms. The van der Waals surface area contributed by atoms with Gasteiger partial charge < -0.3 is 4.42 Å². The van der Waals surface area contributed by atoms with E-state index in [1.54, 1.807) is 11.3 Å². The van der Waals surface area contributed by atoms with Crippen LogP contribution in [0.5, 0.6) is 0 Å². The monoisotopic (exact) mass is 264 g/mol. The van der Waals surface area contributed by atoms with Crippen LogP contribution in [-0.2, 0) is 6.54 Å². The van der Waals surface area contributed by atoms with Crippen molar-refractivity contribution in [3.8, 4) is 0 Å². The Hall–Kier alpha value is -1.27. The molecule has 0 saturated heterocycles. The van der Waals surface area contributed by atoms with Crippen LogP contribution in [0.15, 0.2) is 10.6 Å². The van der Waals surface area contributed by atoms with Gasteiger partial charge in [0.25, 0.3) is 0 Å². The minimum Gasteiger partial charge on any atom is -0.424 e. The summed E-state index contributed by atoms with van der Waals surface area (Å²) in [5.74, 6) is 1.98. The van der Waals surface area contributed by atoms with E-state index in [0.29, 0.717) is 18.4 Å². The molecule has 0 bridgehead atoms. The van der Waals surface area contributed by atoms with Gasteiger partial charge in [-0.15, -0.1) is 21.5 Å². The fourth-order valence-corrected chi connectivity index (χ4v) is 2.53. The van der Waals surface area contributed by atoms with E-state index in [9.17, 15) is 0 Å². The maximum atomic E-state index is 5.60. The zero-order valence-corrected chi connectivity index (χ0v) is 11.3. The number of thiazole rings is 1. The lowest BCUT2D eigenvalue weighted by molar-refractivity contribution is 0.419. The molecule has 96 valence electrons. The van der Waals surface area contributed by atoms with Gasteiger partial charge in [0.05, 0.1) is 12.6 Å². The number of nitrogens with zero attached hydrogens (tertiary/aromatic N) is 3. The highest BCUT2D eigenvalue weighted by atomic mass is 32.1. The normalized spacial score (nSPS) is 17.0. The van der Waals surface area contributed by atoms with Crippen LogP contribution in [0.1, 0.15) is 53.4 Å². The van der Waals surface area contributed by atoms with Gasteiger partial charge >= 0.3 is 0 Å². The summed E-state index contributed by atoms with van der Waals surface area (Å²) >= 11 is 1.71. The molecular formula is C12H16N4OS. The van der Waals surface area contributed by atoms with Gasteiger partial charge in [-0.2, -0.15) is 0 Å². The van der Waals surface area contributed by atoms with Crippen molar-refractivity contribution in [3.05, 3.63) is 27.9 Å². The van der Waals surface area contributed by atoms with Crippen molar-refractivity contribution in [2.75, 3.05) is 0 Å². The quantitative estimate of drug-likeness (QED) is 0.899. The Morgan fingerprint density at radius 2 is 2.33 bits per heavy atom. The van der Waals surface area contributed by atoms with Crippen molar-refractivity contribution in [2.45, 2.75) is 45.2 Å². The number of aryl methyl sites for hydroxylation is 1. The van der Waals surface area contributed by atoms with E-state index in [4.69, 9.17) is 4.42 Å². The summed E-state index contributed by atoms with van der Waals surface area (Å²) in [5, 5.41) is 12.6. The minimum atomic E-state index is 0.208. The maximum absolute atomic E-state index is 5.60. The Morgan fingerprint density at radius 3 is 3.00 bits per heavy atom. The predicted molar refractivity (Wildman–Crippen MR) is 68.4 cm³/mol. The van der Waals surface area contributed by atoms with Gasteiger partial charge in [0.15, 0.2) is 0 Å². The zero-order chi connectivity index (χ0) is 12.5. The third kappa shape index (κ3) is 2.59. The van der Waals surface area contributed by atoms with Gasteiger partial charge in [-0.3, -0.25) is 5.32 Å². The predicted octanol–water partition coefficient (Wildman–Crippen LogP) is 2.56. The molecule has 6 heteroatoms. The van der Waals surface area contributed by atoms with Crippen molar-refractivity contribution in [1.82, 2.24) is 20.5 Å². The van der Waals surface area contributed by atoms with Crippen molar-refractivity contribution in [2.24, 2.45) is 0 Å². The summed E-state index contributed by atoms with van der Waals surface area (Å²) in [6.45, 7) is 4.75. The van der Waals surface area contributed by atoms with E-state index in [1.807, 2.05) is 6.20 Å². The van der Waals surface area contributed by atoms with Crippen LogP contribution in [0.3, 0.4) is 0 Å². The van der Waals surface area contributed by atoms with Crippen molar-refractivity contribution >= 4 is 11.3 Å². The zero-order valence-electron chi connectivity index (χ0n) is 10.5. The molecule has 0 radical (unpaired) electrons. The summed E-state index contributed by atoms with van der Waals surface area (Å²) < 4.78 is 5.60. The number of rotatable bonds is 5. The Morgan fingerprint density at radius 1 is 1.50 bits per heavy atom. The maximum Gasteiger partial charge on any atom is 0.230 e. The lowest BCUT2D eigenvalue weighted by Crippen LogP contribution is -2.18. The first kappa shape index (κ1) is 11.8. The first-order valence-electron chi connectivity index (χ1n) is 6.20. The number of hydrogen-bond acceptors (Lipinski definition) is 6. The first-order valence-corrected chi connectivity index (χ1v) is 7.02. The van der Waals surface area contributed by atoms with Gasteiger partial charge in [-0.25, -0.2) is 4.98 Å². The van der Waals surface area contributed by atoms with Crippen LogP contribution >= 0.6 is 11.3 Å². The summed E-state index contributed by atoms with van der Waals surface area (Å²) in [4.78, 5) is 5.59. The topological polar surface area (TPSA) is 63.8 Å². The van der Waals surface area contributed by atoms with Crippen LogP contribution in [0, 0.1) is 6.92 Å². The second-order valence-electron chi connectivity index (χ2n) is 4.72. The molecule has 0 spiro atoms. The summed E-state index contributed by atoms with van der Waals surface area (Å²) in [5.41, 5.74) is 0. The third-order valence-corrected chi connectivity index (χ3v) is 4.07. The van der Waals surface area contributed by atoms with E-state index < -0.39 is 0 Å². The molecule has 0 unspecified atom stereocenters. The molecule has 3 rings (SSSR count). The van der Waals surface area contributed by atoms with Crippen LogP contribution in [0.2, 0.25) is 0 Å². The minimum absolute atomic E-state index is 0.208. The molecule has 2 aromatic heterocycles. The third-order valence-electron chi connectivity index (χ3n) is 2.98. The van der Waals surface area contributed by atoms with E-state index in [1.165, 1.54) is 17.7 Å². The molecule has 0 amide bonds. The summed E-state index contributed by atoms with van der Waals surface area (Å²) in [6.07, 6.45) is 4.27. The summed E-state index contributed by atoms with van der Waals surface area (Å²) in [7, 11) is 0. The van der Waals surface area contributed by atoms with Crippen LogP contribution in [-0.4, -0.2) is 15.2 Å². The molecule has 2 aromatic rings. The number of hydrogen-bond donors (Lipinski definition) is 1. The summed E-state index contributed by atoms with van der Waals surface area (Å²) in [6, 6.07) is 0.208. The van der Waals surface area contributed by atoms with Gasteiger partial charge in [0.1, 0.15) is 5.01 Å². The van der Waals surface area contributed by atoms with Crippen molar-refractivity contribution in [1.29, 1.82) is 0 Å². The van der Waals surface area contributed by atoms with Gasteiger partial charge in [-0.05, 0) is 26.7 Å². The van der Waals surface area contributed by atoms with E-state index >= 15 is 0 Å². The van der Waals surface area contributed by atoms with E-state index in [-0.39, 0.29) is 6.04 Å². The Kier molecular flexibility index (Phi) is 3.13. The highest BCUT2D eigenvalue weighted by molar-refractivity contribution is 7.11. The van der Waals surface area contributed by atoms with Crippen molar-refractivity contribution < 1.29 is 4.42 Å². The largest absolute Gasteiger partial charge is 0.424 e. The SMILES string of the molecule is Cc1cnc([C@@H](C)NCc2nnc(C3CC3)o2)s1. The molecule has 2 heterocycles. The molecular weight excluding hydrogens is 248 g/mol. The van der Waals surface area contributed by atoms with E-state index in [2.05, 4.69) is 34.3 Å². The van der Waals surface area contributed by atoms with Crippen molar-refractivity contribution in [3.63, 3.8) is 0 Å². The van der Waals surface area contributed by atoms with Crippen LogP contribution < -0.4 is 5.32 Å². The van der Waals surface area contributed by atoms with Crippen LogP contribution in [0.4, 0.5) is 0 Å². The highest BCUT2D eigenvalue weighted by Gasteiger charge is 2.29. The Bertz CT molecular complexity index is 532. The fourth-order valence-electron chi connectivity index (χ4n) is 1.73. The molecule has 1 aliphatic carbocycles. The first-order chi connectivity index (χ1) is 8.72. The molecule has 5 nitrogen and oxygen atoms in total. The molecule has 1 fully saturated rings. The average Bonchev–Trinajstić information content (AvgIpc) is 2.95. The highest BCUT2D eigenvalue weighted by Crippen LogP contribution is 2.38. The molecule has 0 aliphatic heterocycles.